The monoisotopic (exact) mass is 306 g/mol. The van der Waals surface area contributed by atoms with E-state index in [0.717, 1.165) is 5.56 Å². The molecule has 0 aromatic heterocycles. The topological polar surface area (TPSA) is 61.4 Å². The molecule has 2 aromatic rings. The first-order valence-electron chi connectivity index (χ1n) is 6.70. The second-order valence-electron chi connectivity index (χ2n) is 4.89. The number of carbonyl (C=O) groups is 1. The van der Waals surface area contributed by atoms with Crippen LogP contribution in [0.1, 0.15) is 17.2 Å². The van der Waals surface area contributed by atoms with Crippen LogP contribution in [-0.4, -0.2) is 17.7 Å². The minimum atomic E-state index is -0.978. The molecule has 0 fully saturated rings. The van der Waals surface area contributed by atoms with Gasteiger partial charge in [-0.1, -0.05) is 18.2 Å². The molecule has 0 heterocycles. The standard InChI is InChI=1S/C16H16F2N2O2/c1-10-2-7-13(18)14(8-10)20-16(22)19-9-15(21)11-3-5-12(17)6-4-11/h2-8,15,21H,9H2,1H3,(H2,19,20,22). The minimum Gasteiger partial charge on any atom is -0.387 e. The van der Waals surface area contributed by atoms with E-state index in [-0.39, 0.29) is 12.2 Å². The number of anilines is 1. The number of aliphatic hydroxyl groups excluding tert-OH is 1. The highest BCUT2D eigenvalue weighted by Crippen LogP contribution is 2.16. The average molecular weight is 306 g/mol. The summed E-state index contributed by atoms with van der Waals surface area (Å²) in [6, 6.07) is 9.03. The third kappa shape index (κ3) is 4.26. The molecule has 0 radical (unpaired) electrons. The van der Waals surface area contributed by atoms with E-state index in [9.17, 15) is 18.7 Å². The maximum Gasteiger partial charge on any atom is 0.319 e. The van der Waals surface area contributed by atoms with Crippen LogP contribution < -0.4 is 10.6 Å². The zero-order chi connectivity index (χ0) is 16.1. The number of halogens is 2. The van der Waals surface area contributed by atoms with Crippen molar-refractivity contribution in [1.82, 2.24) is 5.32 Å². The Morgan fingerprint density at radius 3 is 2.55 bits per heavy atom. The molecule has 4 nitrogen and oxygen atoms in total. The fourth-order valence-electron chi connectivity index (χ4n) is 1.89. The average Bonchev–Trinajstić information content (AvgIpc) is 2.49. The zero-order valence-corrected chi connectivity index (χ0v) is 11.9. The van der Waals surface area contributed by atoms with Gasteiger partial charge in [0.2, 0.25) is 0 Å². The van der Waals surface area contributed by atoms with Crippen molar-refractivity contribution >= 4 is 11.7 Å². The van der Waals surface area contributed by atoms with E-state index < -0.39 is 23.8 Å². The van der Waals surface area contributed by atoms with Crippen LogP contribution in [0.3, 0.4) is 0 Å². The third-order valence-electron chi connectivity index (χ3n) is 3.08. The highest BCUT2D eigenvalue weighted by molar-refractivity contribution is 5.89. The van der Waals surface area contributed by atoms with Gasteiger partial charge >= 0.3 is 6.03 Å². The highest BCUT2D eigenvalue weighted by atomic mass is 19.1. The summed E-state index contributed by atoms with van der Waals surface area (Å²) in [7, 11) is 0. The molecule has 2 aromatic carbocycles. The molecule has 2 rings (SSSR count). The molecule has 0 spiro atoms. The number of hydrogen-bond acceptors (Lipinski definition) is 2. The van der Waals surface area contributed by atoms with E-state index in [2.05, 4.69) is 10.6 Å². The number of carbonyl (C=O) groups excluding carboxylic acids is 1. The van der Waals surface area contributed by atoms with E-state index in [1.54, 1.807) is 13.0 Å². The summed E-state index contributed by atoms with van der Waals surface area (Å²) < 4.78 is 26.3. The van der Waals surface area contributed by atoms with E-state index in [4.69, 9.17) is 0 Å². The van der Waals surface area contributed by atoms with Gasteiger partial charge < -0.3 is 15.7 Å². The third-order valence-corrected chi connectivity index (χ3v) is 3.08. The van der Waals surface area contributed by atoms with Crippen molar-refractivity contribution < 1.29 is 18.7 Å². The van der Waals surface area contributed by atoms with Crippen molar-refractivity contribution in [2.45, 2.75) is 13.0 Å². The maximum atomic E-state index is 13.5. The molecule has 0 saturated carbocycles. The lowest BCUT2D eigenvalue weighted by Gasteiger charge is -2.13. The smallest absolute Gasteiger partial charge is 0.319 e. The molecule has 0 saturated heterocycles. The molecule has 0 aliphatic carbocycles. The number of benzene rings is 2. The fourth-order valence-corrected chi connectivity index (χ4v) is 1.89. The van der Waals surface area contributed by atoms with Gasteiger partial charge in [-0.3, -0.25) is 0 Å². The predicted octanol–water partition coefficient (Wildman–Crippen LogP) is 3.13. The lowest BCUT2D eigenvalue weighted by atomic mass is 10.1. The van der Waals surface area contributed by atoms with Crippen LogP contribution in [0, 0.1) is 18.6 Å². The summed E-state index contributed by atoms with van der Waals surface area (Å²) >= 11 is 0. The largest absolute Gasteiger partial charge is 0.387 e. The fraction of sp³-hybridized carbons (Fsp3) is 0.188. The number of nitrogens with one attached hydrogen (secondary N) is 2. The van der Waals surface area contributed by atoms with Crippen molar-refractivity contribution in [3.05, 3.63) is 65.2 Å². The molecule has 1 atom stereocenters. The van der Waals surface area contributed by atoms with Crippen LogP contribution in [0.15, 0.2) is 42.5 Å². The molecule has 0 aliphatic rings. The Morgan fingerprint density at radius 1 is 1.18 bits per heavy atom. The minimum absolute atomic E-state index is 0.0637. The van der Waals surface area contributed by atoms with Gasteiger partial charge in [0.05, 0.1) is 11.8 Å². The van der Waals surface area contributed by atoms with Crippen molar-refractivity contribution in [2.75, 3.05) is 11.9 Å². The van der Waals surface area contributed by atoms with Gasteiger partial charge in [0, 0.05) is 6.54 Å². The summed E-state index contributed by atoms with van der Waals surface area (Å²) in [6.07, 6.45) is -0.978. The molecular formula is C16H16F2N2O2. The zero-order valence-electron chi connectivity index (χ0n) is 11.9. The van der Waals surface area contributed by atoms with Gasteiger partial charge in [-0.15, -0.1) is 0 Å². The summed E-state index contributed by atoms with van der Waals surface area (Å²) in [5, 5.41) is 14.7. The first kappa shape index (κ1) is 15.9. The quantitative estimate of drug-likeness (QED) is 0.812. The lowest BCUT2D eigenvalue weighted by Crippen LogP contribution is -2.32. The molecule has 3 N–H and O–H groups in total. The Balaban J connectivity index is 1.89. The van der Waals surface area contributed by atoms with E-state index in [0.29, 0.717) is 5.56 Å². The molecule has 0 bridgehead atoms. The van der Waals surface area contributed by atoms with Gasteiger partial charge in [-0.05, 0) is 42.3 Å². The van der Waals surface area contributed by atoms with Crippen molar-refractivity contribution in [3.8, 4) is 0 Å². The highest BCUT2D eigenvalue weighted by Gasteiger charge is 2.11. The van der Waals surface area contributed by atoms with Crippen LogP contribution in [0.5, 0.6) is 0 Å². The van der Waals surface area contributed by atoms with Crippen molar-refractivity contribution in [2.24, 2.45) is 0 Å². The van der Waals surface area contributed by atoms with Gasteiger partial charge in [-0.2, -0.15) is 0 Å². The van der Waals surface area contributed by atoms with Crippen LogP contribution in [0.4, 0.5) is 19.3 Å². The first-order valence-corrected chi connectivity index (χ1v) is 6.70. The van der Waals surface area contributed by atoms with E-state index >= 15 is 0 Å². The van der Waals surface area contributed by atoms with Gasteiger partial charge in [0.15, 0.2) is 0 Å². The van der Waals surface area contributed by atoms with Crippen LogP contribution in [-0.2, 0) is 0 Å². The van der Waals surface area contributed by atoms with Gasteiger partial charge in [0.25, 0.3) is 0 Å². The molecular weight excluding hydrogens is 290 g/mol. The molecule has 1 unspecified atom stereocenters. The molecule has 22 heavy (non-hydrogen) atoms. The lowest BCUT2D eigenvalue weighted by molar-refractivity contribution is 0.175. The van der Waals surface area contributed by atoms with Crippen LogP contribution in [0.25, 0.3) is 0 Å². The summed E-state index contributed by atoms with van der Waals surface area (Å²) in [5.41, 5.74) is 1.35. The Hall–Kier alpha value is -2.47. The maximum absolute atomic E-state index is 13.5. The number of amides is 2. The number of rotatable bonds is 4. The van der Waals surface area contributed by atoms with Crippen LogP contribution >= 0.6 is 0 Å². The molecule has 0 aliphatic heterocycles. The Morgan fingerprint density at radius 2 is 1.86 bits per heavy atom. The molecule has 116 valence electrons. The SMILES string of the molecule is Cc1ccc(F)c(NC(=O)NCC(O)c2ccc(F)cc2)c1. The van der Waals surface area contributed by atoms with Gasteiger partial charge in [-0.25, -0.2) is 13.6 Å². The Labute approximate surface area is 126 Å². The molecule has 6 heteroatoms. The number of aliphatic hydroxyl groups is 1. The summed E-state index contributed by atoms with van der Waals surface area (Å²) in [5.74, 6) is -0.948. The Kier molecular flexibility index (Phi) is 5.06. The van der Waals surface area contributed by atoms with E-state index in [1.807, 2.05) is 0 Å². The van der Waals surface area contributed by atoms with Gasteiger partial charge in [0.1, 0.15) is 11.6 Å². The molecule has 2 amide bonds. The second kappa shape index (κ2) is 7.00. The number of hydrogen-bond donors (Lipinski definition) is 3. The van der Waals surface area contributed by atoms with Crippen molar-refractivity contribution in [1.29, 1.82) is 0 Å². The van der Waals surface area contributed by atoms with Crippen molar-refractivity contribution in [3.63, 3.8) is 0 Å². The summed E-state index contributed by atoms with van der Waals surface area (Å²) in [6.45, 7) is 1.70. The number of aryl methyl sites for hydroxylation is 1. The second-order valence-corrected chi connectivity index (χ2v) is 4.89. The first-order chi connectivity index (χ1) is 10.5. The van der Waals surface area contributed by atoms with E-state index in [1.165, 1.54) is 36.4 Å². The van der Waals surface area contributed by atoms with Crippen LogP contribution in [0.2, 0.25) is 0 Å². The Bertz CT molecular complexity index is 660. The predicted molar refractivity (Wildman–Crippen MR) is 79.5 cm³/mol. The normalized spacial score (nSPS) is 11.8. The summed E-state index contributed by atoms with van der Waals surface area (Å²) in [4.78, 5) is 11.7. The number of urea groups is 1.